The molecule has 0 spiro atoms. The van der Waals surface area contributed by atoms with Gasteiger partial charge in [-0.05, 0) is 42.9 Å². The van der Waals surface area contributed by atoms with E-state index in [1.807, 2.05) is 0 Å². The van der Waals surface area contributed by atoms with Gasteiger partial charge >= 0.3 is 0 Å². The van der Waals surface area contributed by atoms with Crippen molar-refractivity contribution in [2.75, 3.05) is 49.5 Å². The minimum Gasteiger partial charge on any atom is -0.497 e. The summed E-state index contributed by atoms with van der Waals surface area (Å²) < 4.78 is 32.3. The lowest BCUT2D eigenvalue weighted by Crippen LogP contribution is -2.46. The second-order valence-corrected chi connectivity index (χ2v) is 7.66. The van der Waals surface area contributed by atoms with E-state index in [0.29, 0.717) is 5.75 Å². The fourth-order valence-electron chi connectivity index (χ4n) is 2.79. The van der Waals surface area contributed by atoms with Crippen LogP contribution in [0.4, 0.5) is 11.6 Å². The fraction of sp³-hybridized carbons (Fsp3) is 0.412. The molecule has 1 fully saturated rings. The van der Waals surface area contributed by atoms with E-state index in [1.165, 1.54) is 19.2 Å². The van der Waals surface area contributed by atoms with E-state index < -0.39 is 10.0 Å². The standard InChI is InChI=1S/C17H23N5O3S/c1-3-21-10-12-22(13-11-21)17-9-8-16(18-19-17)20-26(23,24)15-6-4-14(25-2)5-7-15/h4-9H,3,10-13H2,1-2H3,(H,18,20). The Bertz CT molecular complexity index is 816. The lowest BCUT2D eigenvalue weighted by atomic mass is 10.3. The summed E-state index contributed by atoms with van der Waals surface area (Å²) in [5.41, 5.74) is 0. The summed E-state index contributed by atoms with van der Waals surface area (Å²) in [6.07, 6.45) is 0. The van der Waals surface area contributed by atoms with Crippen LogP contribution in [0.1, 0.15) is 6.92 Å². The van der Waals surface area contributed by atoms with Gasteiger partial charge in [0.1, 0.15) is 5.75 Å². The number of aromatic nitrogens is 2. The van der Waals surface area contributed by atoms with Crippen LogP contribution in [0.3, 0.4) is 0 Å². The number of sulfonamides is 1. The zero-order valence-electron chi connectivity index (χ0n) is 14.9. The highest BCUT2D eigenvalue weighted by Gasteiger charge is 2.18. The van der Waals surface area contributed by atoms with Gasteiger partial charge in [-0.15, -0.1) is 10.2 Å². The van der Waals surface area contributed by atoms with Crippen molar-refractivity contribution in [3.8, 4) is 5.75 Å². The third kappa shape index (κ3) is 4.23. The Balaban J connectivity index is 1.66. The maximum Gasteiger partial charge on any atom is 0.263 e. The van der Waals surface area contributed by atoms with Crippen LogP contribution in [0.2, 0.25) is 0 Å². The summed E-state index contributed by atoms with van der Waals surface area (Å²) in [5.74, 6) is 1.54. The summed E-state index contributed by atoms with van der Waals surface area (Å²) >= 11 is 0. The van der Waals surface area contributed by atoms with Crippen molar-refractivity contribution in [1.82, 2.24) is 15.1 Å². The topological polar surface area (TPSA) is 87.7 Å². The Hall–Kier alpha value is -2.39. The molecular weight excluding hydrogens is 354 g/mol. The van der Waals surface area contributed by atoms with Gasteiger partial charge in [0.25, 0.3) is 10.0 Å². The maximum atomic E-state index is 12.4. The van der Waals surface area contributed by atoms with Gasteiger partial charge < -0.3 is 14.5 Å². The predicted molar refractivity (Wildman–Crippen MR) is 100 cm³/mol. The van der Waals surface area contributed by atoms with Crippen LogP contribution >= 0.6 is 0 Å². The number of benzene rings is 1. The highest BCUT2D eigenvalue weighted by Crippen LogP contribution is 2.19. The van der Waals surface area contributed by atoms with E-state index in [2.05, 4.69) is 31.6 Å². The van der Waals surface area contributed by atoms with Crippen molar-refractivity contribution >= 4 is 21.7 Å². The van der Waals surface area contributed by atoms with Crippen molar-refractivity contribution in [1.29, 1.82) is 0 Å². The molecule has 0 radical (unpaired) electrons. The Morgan fingerprint density at radius 3 is 2.27 bits per heavy atom. The van der Waals surface area contributed by atoms with Gasteiger partial charge in [-0.25, -0.2) is 8.42 Å². The molecule has 0 amide bonds. The first-order valence-corrected chi connectivity index (χ1v) is 9.98. The number of ether oxygens (including phenoxy) is 1. The van der Waals surface area contributed by atoms with Gasteiger partial charge in [0.2, 0.25) is 0 Å². The zero-order valence-corrected chi connectivity index (χ0v) is 15.7. The molecule has 0 saturated carbocycles. The number of anilines is 2. The highest BCUT2D eigenvalue weighted by atomic mass is 32.2. The van der Waals surface area contributed by atoms with Gasteiger partial charge in [-0.3, -0.25) is 4.72 Å². The van der Waals surface area contributed by atoms with Crippen LogP contribution in [0.5, 0.6) is 5.75 Å². The Morgan fingerprint density at radius 2 is 1.73 bits per heavy atom. The molecule has 1 aromatic carbocycles. The van der Waals surface area contributed by atoms with E-state index in [0.717, 1.165) is 38.5 Å². The van der Waals surface area contributed by atoms with Crippen LogP contribution in [-0.2, 0) is 10.0 Å². The van der Waals surface area contributed by atoms with Crippen LogP contribution in [0.15, 0.2) is 41.3 Å². The lowest BCUT2D eigenvalue weighted by molar-refractivity contribution is 0.270. The second-order valence-electron chi connectivity index (χ2n) is 5.98. The molecule has 0 unspecified atom stereocenters. The highest BCUT2D eigenvalue weighted by molar-refractivity contribution is 7.92. The molecule has 0 aliphatic carbocycles. The lowest BCUT2D eigenvalue weighted by Gasteiger charge is -2.34. The van der Waals surface area contributed by atoms with E-state index in [1.54, 1.807) is 24.3 Å². The molecule has 26 heavy (non-hydrogen) atoms. The van der Waals surface area contributed by atoms with Crippen molar-refractivity contribution in [3.63, 3.8) is 0 Å². The molecule has 1 aliphatic heterocycles. The molecule has 2 heterocycles. The number of hydrogen-bond donors (Lipinski definition) is 1. The first-order valence-electron chi connectivity index (χ1n) is 8.50. The molecule has 1 aromatic heterocycles. The summed E-state index contributed by atoms with van der Waals surface area (Å²) in [6, 6.07) is 9.58. The molecule has 8 nitrogen and oxygen atoms in total. The van der Waals surface area contributed by atoms with Crippen molar-refractivity contribution in [2.24, 2.45) is 0 Å². The minimum atomic E-state index is -3.72. The molecule has 1 saturated heterocycles. The van der Waals surface area contributed by atoms with E-state index >= 15 is 0 Å². The molecular formula is C17H23N5O3S. The van der Waals surface area contributed by atoms with Crippen LogP contribution in [-0.4, -0.2) is 63.3 Å². The number of hydrogen-bond acceptors (Lipinski definition) is 7. The van der Waals surface area contributed by atoms with Crippen LogP contribution in [0, 0.1) is 0 Å². The predicted octanol–water partition coefficient (Wildman–Crippen LogP) is 1.43. The van der Waals surface area contributed by atoms with Gasteiger partial charge in [0.05, 0.1) is 12.0 Å². The van der Waals surface area contributed by atoms with Gasteiger partial charge in [-0.2, -0.15) is 0 Å². The van der Waals surface area contributed by atoms with E-state index in [9.17, 15) is 8.42 Å². The van der Waals surface area contributed by atoms with Crippen molar-refractivity contribution in [3.05, 3.63) is 36.4 Å². The van der Waals surface area contributed by atoms with E-state index in [-0.39, 0.29) is 10.7 Å². The zero-order chi connectivity index (χ0) is 18.6. The molecule has 140 valence electrons. The fourth-order valence-corrected chi connectivity index (χ4v) is 3.79. The Labute approximate surface area is 153 Å². The largest absolute Gasteiger partial charge is 0.497 e. The van der Waals surface area contributed by atoms with Crippen molar-refractivity contribution in [2.45, 2.75) is 11.8 Å². The number of nitrogens with zero attached hydrogens (tertiary/aromatic N) is 4. The third-order valence-electron chi connectivity index (χ3n) is 4.40. The first kappa shape index (κ1) is 18.4. The monoisotopic (exact) mass is 377 g/mol. The quantitative estimate of drug-likeness (QED) is 0.815. The normalized spacial score (nSPS) is 15.7. The van der Waals surface area contributed by atoms with Gasteiger partial charge in [0, 0.05) is 26.2 Å². The number of likely N-dealkylation sites (N-methyl/N-ethyl adjacent to an activating group) is 1. The molecule has 0 atom stereocenters. The summed E-state index contributed by atoms with van der Waals surface area (Å²) in [6.45, 7) is 6.96. The molecule has 1 N–H and O–H groups in total. The van der Waals surface area contributed by atoms with Gasteiger partial charge in [0.15, 0.2) is 11.6 Å². The summed E-state index contributed by atoms with van der Waals surface area (Å²) in [4.78, 5) is 4.67. The van der Waals surface area contributed by atoms with Crippen LogP contribution < -0.4 is 14.4 Å². The maximum absolute atomic E-state index is 12.4. The number of rotatable bonds is 6. The molecule has 3 rings (SSSR count). The summed E-state index contributed by atoms with van der Waals surface area (Å²) in [7, 11) is -2.19. The minimum absolute atomic E-state index is 0.139. The number of piperazine rings is 1. The average molecular weight is 377 g/mol. The number of nitrogens with one attached hydrogen (secondary N) is 1. The number of methoxy groups -OCH3 is 1. The Morgan fingerprint density at radius 1 is 1.04 bits per heavy atom. The average Bonchev–Trinajstić information content (AvgIpc) is 2.68. The third-order valence-corrected chi connectivity index (χ3v) is 5.77. The molecule has 9 heteroatoms. The molecule has 1 aliphatic rings. The second kappa shape index (κ2) is 7.88. The first-order chi connectivity index (χ1) is 12.5. The summed E-state index contributed by atoms with van der Waals surface area (Å²) in [5, 5.41) is 8.19. The van der Waals surface area contributed by atoms with E-state index in [4.69, 9.17) is 4.74 Å². The smallest absolute Gasteiger partial charge is 0.263 e. The molecule has 0 bridgehead atoms. The van der Waals surface area contributed by atoms with Crippen LogP contribution in [0.25, 0.3) is 0 Å². The Kier molecular flexibility index (Phi) is 5.58. The molecule has 2 aromatic rings. The SMILES string of the molecule is CCN1CCN(c2ccc(NS(=O)(=O)c3ccc(OC)cc3)nn2)CC1. The van der Waals surface area contributed by atoms with Gasteiger partial charge in [-0.1, -0.05) is 6.92 Å². The van der Waals surface area contributed by atoms with Crippen molar-refractivity contribution < 1.29 is 13.2 Å².